The Balaban J connectivity index is 3.01. The minimum atomic E-state index is -3.62. The number of aryl methyl sites for hydroxylation is 1. The van der Waals surface area contributed by atoms with Crippen LogP contribution in [-0.4, -0.2) is 34.5 Å². The van der Waals surface area contributed by atoms with Crippen molar-refractivity contribution in [3.63, 3.8) is 0 Å². The molecular formula is C14H22N2O4S. The zero-order chi connectivity index (χ0) is 16.2. The van der Waals surface area contributed by atoms with Crippen molar-refractivity contribution >= 4 is 15.9 Å². The van der Waals surface area contributed by atoms with E-state index in [1.807, 2.05) is 13.8 Å². The van der Waals surface area contributed by atoms with E-state index in [9.17, 15) is 13.2 Å². The van der Waals surface area contributed by atoms with Crippen LogP contribution >= 0.6 is 0 Å². The van der Waals surface area contributed by atoms with Gasteiger partial charge in [0.1, 0.15) is 5.75 Å². The molecule has 0 radical (unpaired) electrons. The second-order valence-electron chi connectivity index (χ2n) is 4.86. The fourth-order valence-electron chi connectivity index (χ4n) is 2.12. The molecule has 2 N–H and O–H groups in total. The molecule has 0 aromatic heterocycles. The van der Waals surface area contributed by atoms with E-state index in [0.717, 1.165) is 11.1 Å². The molecule has 0 bridgehead atoms. The van der Waals surface area contributed by atoms with Crippen LogP contribution in [0.5, 0.6) is 5.75 Å². The van der Waals surface area contributed by atoms with Crippen molar-refractivity contribution in [3.05, 3.63) is 22.8 Å². The zero-order valence-electron chi connectivity index (χ0n) is 13.0. The number of methoxy groups -OCH3 is 1. The summed E-state index contributed by atoms with van der Waals surface area (Å²) >= 11 is 0. The van der Waals surface area contributed by atoms with Crippen LogP contribution < -0.4 is 14.8 Å². The molecule has 1 aromatic carbocycles. The van der Waals surface area contributed by atoms with Crippen molar-refractivity contribution in [1.29, 1.82) is 0 Å². The lowest BCUT2D eigenvalue weighted by Gasteiger charge is -2.16. The Hall–Kier alpha value is -1.60. The maximum Gasteiger partial charge on any atom is 0.240 e. The Morgan fingerprint density at radius 3 is 2.33 bits per heavy atom. The van der Waals surface area contributed by atoms with E-state index in [0.29, 0.717) is 11.3 Å². The van der Waals surface area contributed by atoms with E-state index < -0.39 is 10.0 Å². The van der Waals surface area contributed by atoms with Gasteiger partial charge in [-0.15, -0.1) is 0 Å². The lowest BCUT2D eigenvalue weighted by atomic mass is 10.1. The molecule has 0 aliphatic carbocycles. The summed E-state index contributed by atoms with van der Waals surface area (Å²) < 4.78 is 32.4. The Bertz CT molecular complexity index is 639. The minimum absolute atomic E-state index is 0.144. The standard InChI is InChI=1S/C14H22N2O4S/c1-9-8-13(10(2)11(3)14(9)20-5)21(18,19)16-7-6-15-12(4)17/h8,16H,6-7H2,1-5H3,(H,15,17). The monoisotopic (exact) mass is 314 g/mol. The molecule has 0 spiro atoms. The fourth-order valence-corrected chi connectivity index (χ4v) is 3.53. The van der Waals surface area contributed by atoms with E-state index in [2.05, 4.69) is 10.0 Å². The molecule has 0 unspecified atom stereocenters. The summed E-state index contributed by atoms with van der Waals surface area (Å²) in [7, 11) is -2.05. The van der Waals surface area contributed by atoms with Gasteiger partial charge in [-0.2, -0.15) is 0 Å². The predicted molar refractivity (Wildman–Crippen MR) is 81.1 cm³/mol. The molecule has 6 nitrogen and oxygen atoms in total. The molecule has 0 saturated heterocycles. The first-order valence-electron chi connectivity index (χ1n) is 6.59. The summed E-state index contributed by atoms with van der Waals surface area (Å²) in [4.78, 5) is 11.0. The second-order valence-corrected chi connectivity index (χ2v) is 6.59. The summed E-state index contributed by atoms with van der Waals surface area (Å²) in [6, 6.07) is 1.60. The first kappa shape index (κ1) is 17.5. The Labute approximate surface area is 125 Å². The lowest BCUT2D eigenvalue weighted by molar-refractivity contribution is -0.118. The number of hydrogen-bond acceptors (Lipinski definition) is 4. The highest BCUT2D eigenvalue weighted by Crippen LogP contribution is 2.30. The third kappa shape index (κ3) is 4.18. The van der Waals surface area contributed by atoms with Crippen LogP contribution in [0.3, 0.4) is 0 Å². The molecular weight excluding hydrogens is 292 g/mol. The molecule has 0 fully saturated rings. The van der Waals surface area contributed by atoms with Gasteiger partial charge >= 0.3 is 0 Å². The van der Waals surface area contributed by atoms with Gasteiger partial charge in [-0.3, -0.25) is 4.79 Å². The van der Waals surface area contributed by atoms with Crippen LogP contribution in [0, 0.1) is 20.8 Å². The number of amides is 1. The van der Waals surface area contributed by atoms with Gasteiger partial charge in [0.2, 0.25) is 15.9 Å². The number of benzene rings is 1. The van der Waals surface area contributed by atoms with Crippen LogP contribution in [0.25, 0.3) is 0 Å². The predicted octanol–water partition coefficient (Wildman–Crippen LogP) is 1.03. The highest BCUT2D eigenvalue weighted by Gasteiger charge is 2.20. The van der Waals surface area contributed by atoms with Gasteiger partial charge in [0, 0.05) is 20.0 Å². The molecule has 118 valence electrons. The third-order valence-corrected chi connectivity index (χ3v) is 4.85. The minimum Gasteiger partial charge on any atom is -0.496 e. The molecule has 0 saturated carbocycles. The van der Waals surface area contributed by atoms with Gasteiger partial charge in [0.25, 0.3) is 0 Å². The maximum absolute atomic E-state index is 12.3. The maximum atomic E-state index is 12.3. The third-order valence-electron chi connectivity index (χ3n) is 3.26. The summed E-state index contributed by atoms with van der Waals surface area (Å²) in [6.45, 7) is 7.17. The van der Waals surface area contributed by atoms with Gasteiger partial charge in [-0.1, -0.05) is 0 Å². The number of nitrogens with one attached hydrogen (secondary N) is 2. The van der Waals surface area contributed by atoms with E-state index in [1.165, 1.54) is 6.92 Å². The van der Waals surface area contributed by atoms with E-state index >= 15 is 0 Å². The normalized spacial score (nSPS) is 11.3. The average molecular weight is 314 g/mol. The number of sulfonamides is 1. The SMILES string of the molecule is COc1c(C)cc(S(=O)(=O)NCCNC(C)=O)c(C)c1C. The first-order chi connectivity index (χ1) is 9.70. The van der Waals surface area contributed by atoms with Gasteiger partial charge in [-0.25, -0.2) is 13.1 Å². The van der Waals surface area contributed by atoms with Crippen LogP contribution in [0.1, 0.15) is 23.6 Å². The van der Waals surface area contributed by atoms with Gasteiger partial charge in [-0.05, 0) is 43.5 Å². The van der Waals surface area contributed by atoms with Gasteiger partial charge in [0.15, 0.2) is 0 Å². The van der Waals surface area contributed by atoms with Crippen LogP contribution in [0.15, 0.2) is 11.0 Å². The van der Waals surface area contributed by atoms with E-state index in [-0.39, 0.29) is 23.9 Å². The van der Waals surface area contributed by atoms with Crippen molar-refractivity contribution in [3.8, 4) is 5.75 Å². The molecule has 1 rings (SSSR count). The van der Waals surface area contributed by atoms with Crippen molar-refractivity contribution in [2.45, 2.75) is 32.6 Å². The largest absolute Gasteiger partial charge is 0.496 e. The molecule has 1 aromatic rings. The first-order valence-corrected chi connectivity index (χ1v) is 8.08. The smallest absolute Gasteiger partial charge is 0.240 e. The Kier molecular flexibility index (Phi) is 5.74. The number of ether oxygens (including phenoxy) is 1. The number of carbonyl (C=O) groups excluding carboxylic acids is 1. The molecule has 0 aliphatic rings. The molecule has 1 amide bonds. The van der Waals surface area contributed by atoms with Crippen molar-refractivity contribution in [2.24, 2.45) is 0 Å². The summed E-state index contributed by atoms with van der Waals surface area (Å²) in [5, 5.41) is 2.54. The number of hydrogen-bond donors (Lipinski definition) is 2. The highest BCUT2D eigenvalue weighted by atomic mass is 32.2. The lowest BCUT2D eigenvalue weighted by Crippen LogP contribution is -2.34. The van der Waals surface area contributed by atoms with E-state index in [1.54, 1.807) is 20.1 Å². The molecule has 0 atom stereocenters. The van der Waals surface area contributed by atoms with Crippen LogP contribution in [0.4, 0.5) is 0 Å². The molecule has 7 heteroatoms. The van der Waals surface area contributed by atoms with Crippen molar-refractivity contribution < 1.29 is 17.9 Å². The second kappa shape index (κ2) is 6.91. The fraction of sp³-hybridized carbons (Fsp3) is 0.500. The van der Waals surface area contributed by atoms with E-state index in [4.69, 9.17) is 4.74 Å². The Morgan fingerprint density at radius 2 is 1.81 bits per heavy atom. The van der Waals surface area contributed by atoms with Crippen molar-refractivity contribution in [2.75, 3.05) is 20.2 Å². The quantitative estimate of drug-likeness (QED) is 0.768. The summed E-state index contributed by atoms with van der Waals surface area (Å²) in [5.74, 6) is 0.506. The molecule has 21 heavy (non-hydrogen) atoms. The van der Waals surface area contributed by atoms with Crippen LogP contribution in [0.2, 0.25) is 0 Å². The number of carbonyl (C=O) groups is 1. The summed E-state index contributed by atoms with van der Waals surface area (Å²) in [5.41, 5.74) is 2.23. The topological polar surface area (TPSA) is 84.5 Å². The van der Waals surface area contributed by atoms with Gasteiger partial charge < -0.3 is 10.1 Å². The Morgan fingerprint density at radius 1 is 1.19 bits per heavy atom. The number of rotatable bonds is 6. The van der Waals surface area contributed by atoms with Crippen molar-refractivity contribution in [1.82, 2.24) is 10.0 Å². The zero-order valence-corrected chi connectivity index (χ0v) is 13.8. The molecule has 0 aliphatic heterocycles. The van der Waals surface area contributed by atoms with Crippen LogP contribution in [-0.2, 0) is 14.8 Å². The van der Waals surface area contributed by atoms with Gasteiger partial charge in [0.05, 0.1) is 12.0 Å². The highest BCUT2D eigenvalue weighted by molar-refractivity contribution is 7.89. The average Bonchev–Trinajstić information content (AvgIpc) is 2.39. The molecule has 0 heterocycles. The summed E-state index contributed by atoms with van der Waals surface area (Å²) in [6.07, 6.45) is 0.